The molecule has 0 bridgehead atoms. The lowest BCUT2D eigenvalue weighted by Crippen LogP contribution is -2.40. The highest BCUT2D eigenvalue weighted by Gasteiger charge is 2.23. The van der Waals surface area contributed by atoms with Gasteiger partial charge in [-0.3, -0.25) is 0 Å². The molecule has 3 nitrogen and oxygen atoms in total. The maximum Gasteiger partial charge on any atom is 0.128 e. The predicted molar refractivity (Wildman–Crippen MR) is 72.2 cm³/mol. The number of aliphatic hydroxyl groups excluding tert-OH is 1. The van der Waals surface area contributed by atoms with Gasteiger partial charge in [0.05, 0.1) is 18.8 Å². The molecule has 1 saturated heterocycles. The van der Waals surface area contributed by atoms with Gasteiger partial charge in [0, 0.05) is 18.2 Å². The summed E-state index contributed by atoms with van der Waals surface area (Å²) >= 11 is 0. The molecule has 4 heteroatoms. The fraction of sp³-hybridized carbons (Fsp3) is 0.600. The number of ether oxygens (including phenoxy) is 1. The lowest BCUT2D eigenvalue weighted by atomic mass is 9.99. The molecule has 2 N–H and O–H groups in total. The molecule has 0 amide bonds. The highest BCUT2D eigenvalue weighted by molar-refractivity contribution is 5.24. The lowest BCUT2D eigenvalue weighted by molar-refractivity contribution is -0.0422. The fourth-order valence-electron chi connectivity index (χ4n) is 2.69. The Bertz CT molecular complexity index is 415. The Morgan fingerprint density at radius 2 is 2.00 bits per heavy atom. The van der Waals surface area contributed by atoms with Gasteiger partial charge < -0.3 is 15.2 Å². The molecule has 0 aliphatic carbocycles. The third kappa shape index (κ3) is 4.00. The Hall–Kier alpha value is -0.970. The Morgan fingerprint density at radius 3 is 2.63 bits per heavy atom. The normalized spacial score (nSPS) is 27.5. The first-order valence-corrected chi connectivity index (χ1v) is 6.85. The number of benzene rings is 1. The molecule has 2 unspecified atom stereocenters. The summed E-state index contributed by atoms with van der Waals surface area (Å²) in [5, 5.41) is 12.5. The SMILES string of the molecule is CC1CC(NCc2ccc(F)c(CO)c2)CC(C)O1. The van der Waals surface area contributed by atoms with E-state index in [1.165, 1.54) is 6.07 Å². The van der Waals surface area contributed by atoms with Crippen molar-refractivity contribution >= 4 is 0 Å². The van der Waals surface area contributed by atoms with Gasteiger partial charge in [-0.2, -0.15) is 0 Å². The number of aliphatic hydroxyl groups is 1. The average Bonchev–Trinajstić information content (AvgIpc) is 2.36. The van der Waals surface area contributed by atoms with E-state index in [4.69, 9.17) is 9.84 Å². The second-order valence-corrected chi connectivity index (χ2v) is 5.39. The lowest BCUT2D eigenvalue weighted by Gasteiger charge is -2.32. The molecular weight excluding hydrogens is 245 g/mol. The minimum Gasteiger partial charge on any atom is -0.392 e. The van der Waals surface area contributed by atoms with Gasteiger partial charge in [-0.25, -0.2) is 4.39 Å². The Kier molecular flexibility index (Phi) is 4.91. The molecule has 1 fully saturated rings. The second kappa shape index (κ2) is 6.46. The zero-order chi connectivity index (χ0) is 13.8. The first-order chi connectivity index (χ1) is 9.08. The third-order valence-corrected chi connectivity index (χ3v) is 3.57. The van der Waals surface area contributed by atoms with Crippen molar-refractivity contribution in [1.82, 2.24) is 5.32 Å². The topological polar surface area (TPSA) is 41.5 Å². The van der Waals surface area contributed by atoms with Gasteiger partial charge in [0.25, 0.3) is 0 Å². The zero-order valence-electron chi connectivity index (χ0n) is 11.5. The fourth-order valence-corrected chi connectivity index (χ4v) is 2.69. The maximum atomic E-state index is 13.3. The third-order valence-electron chi connectivity index (χ3n) is 3.57. The molecule has 0 spiro atoms. The summed E-state index contributed by atoms with van der Waals surface area (Å²) in [5.41, 5.74) is 1.35. The first kappa shape index (κ1) is 14.4. The van der Waals surface area contributed by atoms with E-state index in [9.17, 15) is 4.39 Å². The summed E-state index contributed by atoms with van der Waals surface area (Å²) in [6.45, 7) is 4.61. The van der Waals surface area contributed by atoms with E-state index in [2.05, 4.69) is 19.2 Å². The van der Waals surface area contributed by atoms with Crippen LogP contribution in [0.15, 0.2) is 18.2 Å². The van der Waals surface area contributed by atoms with E-state index in [-0.39, 0.29) is 24.6 Å². The van der Waals surface area contributed by atoms with Crippen molar-refractivity contribution in [3.63, 3.8) is 0 Å². The van der Waals surface area contributed by atoms with Crippen LogP contribution in [0.2, 0.25) is 0 Å². The first-order valence-electron chi connectivity index (χ1n) is 6.85. The summed E-state index contributed by atoms with van der Waals surface area (Å²) in [4.78, 5) is 0. The van der Waals surface area contributed by atoms with E-state index in [1.807, 2.05) is 0 Å². The molecule has 1 aliphatic rings. The van der Waals surface area contributed by atoms with Crippen molar-refractivity contribution < 1.29 is 14.2 Å². The summed E-state index contributed by atoms with van der Waals surface area (Å²) in [5.74, 6) is -0.348. The minimum absolute atomic E-state index is 0.259. The number of hydrogen-bond donors (Lipinski definition) is 2. The van der Waals surface area contributed by atoms with Gasteiger partial charge in [0.15, 0.2) is 0 Å². The summed E-state index contributed by atoms with van der Waals surface area (Å²) in [6, 6.07) is 5.32. The van der Waals surface area contributed by atoms with Gasteiger partial charge in [-0.15, -0.1) is 0 Å². The van der Waals surface area contributed by atoms with Crippen molar-refractivity contribution in [2.24, 2.45) is 0 Å². The van der Waals surface area contributed by atoms with Crippen LogP contribution >= 0.6 is 0 Å². The van der Waals surface area contributed by atoms with Crippen molar-refractivity contribution in [3.05, 3.63) is 35.1 Å². The smallest absolute Gasteiger partial charge is 0.128 e. The van der Waals surface area contributed by atoms with E-state index in [0.717, 1.165) is 18.4 Å². The van der Waals surface area contributed by atoms with Crippen molar-refractivity contribution in [2.45, 2.75) is 58.1 Å². The molecule has 0 aromatic heterocycles. The molecule has 2 rings (SSSR count). The molecular formula is C15H22FNO2. The van der Waals surface area contributed by atoms with Gasteiger partial charge in [0.2, 0.25) is 0 Å². The maximum absolute atomic E-state index is 13.3. The Morgan fingerprint density at radius 1 is 1.32 bits per heavy atom. The van der Waals surface area contributed by atoms with Gasteiger partial charge in [-0.05, 0) is 44.4 Å². The van der Waals surface area contributed by atoms with Crippen LogP contribution < -0.4 is 5.32 Å². The number of rotatable bonds is 4. The van der Waals surface area contributed by atoms with Crippen LogP contribution in [0.25, 0.3) is 0 Å². The molecule has 1 aromatic carbocycles. The zero-order valence-corrected chi connectivity index (χ0v) is 11.5. The van der Waals surface area contributed by atoms with Crippen molar-refractivity contribution in [1.29, 1.82) is 0 Å². The minimum atomic E-state index is -0.348. The van der Waals surface area contributed by atoms with Crippen LogP contribution in [0, 0.1) is 5.82 Å². The highest BCUT2D eigenvalue weighted by atomic mass is 19.1. The van der Waals surface area contributed by atoms with Crippen LogP contribution in [0.5, 0.6) is 0 Å². The monoisotopic (exact) mass is 267 g/mol. The standard InChI is InChI=1S/C15H22FNO2/c1-10-5-14(6-11(2)19-10)17-8-12-3-4-15(16)13(7-12)9-18/h3-4,7,10-11,14,17-18H,5-6,8-9H2,1-2H3. The number of nitrogens with one attached hydrogen (secondary N) is 1. The largest absolute Gasteiger partial charge is 0.392 e. The summed E-state index contributed by atoms with van der Waals surface area (Å²) in [7, 11) is 0. The number of hydrogen-bond acceptors (Lipinski definition) is 3. The molecule has 0 saturated carbocycles. The van der Waals surface area contributed by atoms with Gasteiger partial charge in [0.1, 0.15) is 5.82 Å². The van der Waals surface area contributed by atoms with Crippen molar-refractivity contribution in [2.75, 3.05) is 0 Å². The van der Waals surface area contributed by atoms with Crippen LogP contribution in [-0.2, 0) is 17.9 Å². The molecule has 1 heterocycles. The van der Waals surface area contributed by atoms with E-state index in [0.29, 0.717) is 18.2 Å². The predicted octanol–water partition coefficient (Wildman–Crippen LogP) is 2.36. The Balaban J connectivity index is 1.91. The van der Waals surface area contributed by atoms with E-state index < -0.39 is 0 Å². The highest BCUT2D eigenvalue weighted by Crippen LogP contribution is 2.19. The quantitative estimate of drug-likeness (QED) is 0.880. The molecule has 106 valence electrons. The van der Waals surface area contributed by atoms with Crippen LogP contribution in [0.1, 0.15) is 37.8 Å². The van der Waals surface area contributed by atoms with E-state index >= 15 is 0 Å². The number of halogens is 1. The molecule has 1 aliphatic heterocycles. The van der Waals surface area contributed by atoms with Crippen LogP contribution in [0.4, 0.5) is 4.39 Å². The molecule has 0 radical (unpaired) electrons. The summed E-state index contributed by atoms with van der Waals surface area (Å²) in [6.07, 6.45) is 2.56. The van der Waals surface area contributed by atoms with Gasteiger partial charge in [-0.1, -0.05) is 6.07 Å². The average molecular weight is 267 g/mol. The van der Waals surface area contributed by atoms with Crippen molar-refractivity contribution in [3.8, 4) is 0 Å². The summed E-state index contributed by atoms with van der Waals surface area (Å²) < 4.78 is 19.0. The van der Waals surface area contributed by atoms with E-state index in [1.54, 1.807) is 12.1 Å². The molecule has 19 heavy (non-hydrogen) atoms. The van der Waals surface area contributed by atoms with Crippen LogP contribution in [-0.4, -0.2) is 23.4 Å². The van der Waals surface area contributed by atoms with Gasteiger partial charge >= 0.3 is 0 Å². The molecule has 2 atom stereocenters. The molecule has 1 aromatic rings. The second-order valence-electron chi connectivity index (χ2n) is 5.39. The Labute approximate surface area is 113 Å². The van der Waals surface area contributed by atoms with Crippen LogP contribution in [0.3, 0.4) is 0 Å².